The lowest BCUT2D eigenvalue weighted by atomic mass is 9.97. The molecule has 0 aliphatic carbocycles. The van der Waals surface area contributed by atoms with Gasteiger partial charge in [0.15, 0.2) is 0 Å². The fourth-order valence-corrected chi connectivity index (χ4v) is 3.25. The maximum absolute atomic E-state index is 10.4. The van der Waals surface area contributed by atoms with Crippen molar-refractivity contribution in [1.82, 2.24) is 4.90 Å². The summed E-state index contributed by atoms with van der Waals surface area (Å²) < 4.78 is 5.22. The van der Waals surface area contributed by atoms with Gasteiger partial charge in [0.05, 0.1) is 12.1 Å². The summed E-state index contributed by atoms with van der Waals surface area (Å²) in [7, 11) is 3.60. The Balaban J connectivity index is 2.41. The van der Waals surface area contributed by atoms with Crippen molar-refractivity contribution in [3.8, 4) is 11.5 Å². The number of methoxy groups -OCH3 is 1. The van der Waals surface area contributed by atoms with E-state index in [0.717, 1.165) is 18.5 Å². The van der Waals surface area contributed by atoms with Crippen LogP contribution in [0.15, 0.2) is 6.07 Å². The van der Waals surface area contributed by atoms with Crippen molar-refractivity contribution in [2.24, 2.45) is 11.7 Å². The highest BCUT2D eigenvalue weighted by Gasteiger charge is 2.32. The molecule has 106 valence electrons. The summed E-state index contributed by atoms with van der Waals surface area (Å²) in [5.41, 5.74) is 7.30. The number of nitrogens with zero attached hydrogens (tertiary/aromatic N) is 1. The van der Waals surface area contributed by atoms with E-state index in [0.29, 0.717) is 28.8 Å². The zero-order valence-corrected chi connectivity index (χ0v) is 12.4. The molecule has 3 N–H and O–H groups in total. The molecule has 0 saturated carbocycles. The normalized spacial score (nSPS) is 23.8. The molecule has 1 fully saturated rings. The van der Waals surface area contributed by atoms with Crippen molar-refractivity contribution in [2.45, 2.75) is 19.4 Å². The van der Waals surface area contributed by atoms with Crippen LogP contribution < -0.4 is 10.5 Å². The molecule has 0 amide bonds. The number of phenols is 1. The maximum Gasteiger partial charge on any atom is 0.144 e. The van der Waals surface area contributed by atoms with Crippen molar-refractivity contribution in [3.63, 3.8) is 0 Å². The van der Waals surface area contributed by atoms with E-state index < -0.39 is 0 Å². The zero-order valence-electron chi connectivity index (χ0n) is 11.6. The summed E-state index contributed by atoms with van der Waals surface area (Å²) in [6.07, 6.45) is 0.947. The minimum Gasteiger partial charge on any atom is -0.507 e. The fraction of sp³-hybridized carbons (Fsp3) is 0.571. The second-order valence-electron chi connectivity index (χ2n) is 5.25. The van der Waals surface area contributed by atoms with E-state index in [1.807, 2.05) is 20.0 Å². The molecular weight excluding hydrogens is 264 g/mol. The third-order valence-electron chi connectivity index (χ3n) is 4.00. The van der Waals surface area contributed by atoms with Crippen molar-refractivity contribution >= 4 is 11.6 Å². The molecule has 5 heteroatoms. The van der Waals surface area contributed by atoms with Gasteiger partial charge >= 0.3 is 0 Å². The van der Waals surface area contributed by atoms with Crippen molar-refractivity contribution in [3.05, 3.63) is 22.2 Å². The molecule has 19 heavy (non-hydrogen) atoms. The van der Waals surface area contributed by atoms with Gasteiger partial charge in [-0.05, 0) is 38.9 Å². The van der Waals surface area contributed by atoms with Gasteiger partial charge in [0.1, 0.15) is 11.5 Å². The molecule has 0 aromatic heterocycles. The highest BCUT2D eigenvalue weighted by Crippen LogP contribution is 2.44. The van der Waals surface area contributed by atoms with Crippen LogP contribution in [0.4, 0.5) is 0 Å². The smallest absolute Gasteiger partial charge is 0.144 e. The Labute approximate surface area is 119 Å². The molecule has 0 radical (unpaired) electrons. The largest absolute Gasteiger partial charge is 0.507 e. The SMILES string of the molecule is COc1c(Cl)cc(C2CC(CN)CN2C)c(O)c1C. The average Bonchev–Trinajstić information content (AvgIpc) is 2.76. The third kappa shape index (κ3) is 2.53. The number of rotatable bonds is 3. The highest BCUT2D eigenvalue weighted by atomic mass is 35.5. The predicted molar refractivity (Wildman–Crippen MR) is 76.9 cm³/mol. The van der Waals surface area contributed by atoms with Gasteiger partial charge < -0.3 is 15.6 Å². The lowest BCUT2D eigenvalue weighted by Gasteiger charge is -2.22. The lowest BCUT2D eigenvalue weighted by molar-refractivity contribution is 0.304. The first-order chi connectivity index (χ1) is 8.99. The summed E-state index contributed by atoms with van der Waals surface area (Å²) in [5, 5.41) is 10.9. The van der Waals surface area contributed by atoms with Crippen LogP contribution in [-0.4, -0.2) is 37.3 Å². The first kappa shape index (κ1) is 14.4. The van der Waals surface area contributed by atoms with Crippen molar-refractivity contribution in [2.75, 3.05) is 27.2 Å². The Hall–Kier alpha value is -0.970. The molecule has 1 saturated heterocycles. The Morgan fingerprint density at radius 2 is 2.26 bits per heavy atom. The Bertz CT molecular complexity index is 479. The van der Waals surface area contributed by atoms with Crippen LogP contribution in [0.1, 0.15) is 23.6 Å². The van der Waals surface area contributed by atoms with Crippen molar-refractivity contribution in [1.29, 1.82) is 0 Å². The van der Waals surface area contributed by atoms with Gasteiger partial charge in [0.25, 0.3) is 0 Å². The van der Waals surface area contributed by atoms with E-state index in [9.17, 15) is 5.11 Å². The number of ether oxygens (including phenoxy) is 1. The topological polar surface area (TPSA) is 58.7 Å². The van der Waals surface area contributed by atoms with E-state index in [1.165, 1.54) is 0 Å². The van der Waals surface area contributed by atoms with E-state index in [4.69, 9.17) is 22.1 Å². The van der Waals surface area contributed by atoms with Crippen LogP contribution >= 0.6 is 11.6 Å². The molecule has 2 rings (SSSR count). The minimum atomic E-state index is 0.163. The predicted octanol–water partition coefficient (Wildman–Crippen LogP) is 2.31. The van der Waals surface area contributed by atoms with Crippen LogP contribution in [0.25, 0.3) is 0 Å². The zero-order chi connectivity index (χ0) is 14.2. The van der Waals surface area contributed by atoms with Crippen LogP contribution in [0.3, 0.4) is 0 Å². The molecule has 2 atom stereocenters. The number of hydrogen-bond acceptors (Lipinski definition) is 4. The summed E-state index contributed by atoms with van der Waals surface area (Å²) in [6.45, 7) is 3.44. The van der Waals surface area contributed by atoms with Gasteiger partial charge in [0, 0.05) is 23.7 Å². The summed E-state index contributed by atoms with van der Waals surface area (Å²) in [6, 6.07) is 1.97. The van der Waals surface area contributed by atoms with Crippen LogP contribution in [0.2, 0.25) is 5.02 Å². The monoisotopic (exact) mass is 284 g/mol. The Morgan fingerprint density at radius 1 is 1.58 bits per heavy atom. The van der Waals surface area contributed by atoms with Crippen LogP contribution in [0.5, 0.6) is 11.5 Å². The first-order valence-electron chi connectivity index (χ1n) is 6.45. The highest BCUT2D eigenvalue weighted by molar-refractivity contribution is 6.32. The number of phenolic OH excluding ortho intramolecular Hbond substituents is 1. The molecule has 1 aromatic carbocycles. The second-order valence-corrected chi connectivity index (χ2v) is 5.65. The number of benzene rings is 1. The third-order valence-corrected chi connectivity index (χ3v) is 4.28. The van der Waals surface area contributed by atoms with Crippen LogP contribution in [-0.2, 0) is 0 Å². The number of likely N-dealkylation sites (tertiary alicyclic amines) is 1. The number of nitrogens with two attached hydrogens (primary N) is 1. The Morgan fingerprint density at radius 3 is 2.79 bits per heavy atom. The van der Waals surface area contributed by atoms with Gasteiger partial charge in [0.2, 0.25) is 0 Å². The summed E-state index contributed by atoms with van der Waals surface area (Å²) in [4.78, 5) is 2.22. The van der Waals surface area contributed by atoms with Crippen molar-refractivity contribution < 1.29 is 9.84 Å². The van der Waals surface area contributed by atoms with Gasteiger partial charge in [-0.15, -0.1) is 0 Å². The van der Waals surface area contributed by atoms with Gasteiger partial charge in [-0.1, -0.05) is 11.6 Å². The quantitative estimate of drug-likeness (QED) is 0.894. The van der Waals surface area contributed by atoms with E-state index in [2.05, 4.69) is 4.90 Å². The second kappa shape index (κ2) is 5.57. The molecule has 2 unspecified atom stereocenters. The number of hydrogen-bond donors (Lipinski definition) is 2. The molecular formula is C14H21ClN2O2. The molecule has 1 heterocycles. The maximum atomic E-state index is 10.4. The summed E-state index contributed by atoms with van der Waals surface area (Å²) >= 11 is 6.22. The number of aromatic hydroxyl groups is 1. The molecule has 0 spiro atoms. The fourth-order valence-electron chi connectivity index (χ4n) is 2.92. The van der Waals surface area contributed by atoms with E-state index in [-0.39, 0.29) is 11.8 Å². The molecule has 4 nitrogen and oxygen atoms in total. The first-order valence-corrected chi connectivity index (χ1v) is 6.83. The molecule has 1 aliphatic rings. The average molecular weight is 285 g/mol. The summed E-state index contributed by atoms with van der Waals surface area (Å²) in [5.74, 6) is 1.28. The molecule has 1 aromatic rings. The lowest BCUT2D eigenvalue weighted by Crippen LogP contribution is -2.20. The van der Waals surface area contributed by atoms with E-state index >= 15 is 0 Å². The minimum absolute atomic E-state index is 0.163. The van der Waals surface area contributed by atoms with Gasteiger partial charge in [-0.3, -0.25) is 4.90 Å². The van der Waals surface area contributed by atoms with Gasteiger partial charge in [-0.25, -0.2) is 0 Å². The molecule has 0 bridgehead atoms. The van der Waals surface area contributed by atoms with E-state index in [1.54, 1.807) is 7.11 Å². The molecule has 1 aliphatic heterocycles. The van der Waals surface area contributed by atoms with Crippen LogP contribution in [0, 0.1) is 12.8 Å². The van der Waals surface area contributed by atoms with Gasteiger partial charge in [-0.2, -0.15) is 0 Å². The number of halogens is 1. The Kier molecular flexibility index (Phi) is 4.23. The standard InChI is InChI=1S/C14H21ClN2O2/c1-8-13(18)10(5-11(15)14(8)19-3)12-4-9(6-16)7-17(12)2/h5,9,12,18H,4,6-7,16H2,1-3H3.